The van der Waals surface area contributed by atoms with Gasteiger partial charge in [0.2, 0.25) is 0 Å². The molecule has 0 amide bonds. The van der Waals surface area contributed by atoms with E-state index in [2.05, 4.69) is 53.8 Å². The number of rotatable bonds is 4. The van der Waals surface area contributed by atoms with E-state index in [4.69, 9.17) is 4.98 Å². The van der Waals surface area contributed by atoms with Gasteiger partial charge in [0.15, 0.2) is 0 Å². The lowest BCUT2D eigenvalue weighted by atomic mass is 9.98. The van der Waals surface area contributed by atoms with E-state index >= 15 is 0 Å². The summed E-state index contributed by atoms with van der Waals surface area (Å²) < 4.78 is 0. The molecule has 0 aromatic carbocycles. The lowest BCUT2D eigenvalue weighted by molar-refractivity contribution is 0.499. The van der Waals surface area contributed by atoms with Crippen LogP contribution in [0.1, 0.15) is 63.2 Å². The van der Waals surface area contributed by atoms with Gasteiger partial charge in [0.1, 0.15) is 0 Å². The zero-order chi connectivity index (χ0) is 13.2. The molecule has 0 bridgehead atoms. The van der Waals surface area contributed by atoms with Crippen LogP contribution in [-0.2, 0) is 5.41 Å². The second-order valence-electron chi connectivity index (χ2n) is 6.24. The molecule has 0 aliphatic rings. The van der Waals surface area contributed by atoms with Gasteiger partial charge < -0.3 is 5.32 Å². The van der Waals surface area contributed by atoms with Gasteiger partial charge in [0, 0.05) is 16.3 Å². The molecule has 1 aromatic rings. The number of thiazole rings is 1. The van der Waals surface area contributed by atoms with Crippen LogP contribution in [-0.4, -0.2) is 11.5 Å². The predicted molar refractivity (Wildman–Crippen MR) is 76.8 cm³/mol. The van der Waals surface area contributed by atoms with Crippen LogP contribution < -0.4 is 5.32 Å². The van der Waals surface area contributed by atoms with Gasteiger partial charge in [-0.3, -0.25) is 0 Å². The minimum absolute atomic E-state index is 0.158. The van der Waals surface area contributed by atoms with Gasteiger partial charge in [-0.05, 0) is 26.3 Å². The van der Waals surface area contributed by atoms with Crippen LogP contribution in [0.3, 0.4) is 0 Å². The molecule has 3 heteroatoms. The van der Waals surface area contributed by atoms with Crippen molar-refractivity contribution in [2.75, 3.05) is 6.54 Å². The molecule has 0 radical (unpaired) electrons. The monoisotopic (exact) mass is 254 g/mol. The number of hydrogen-bond donors (Lipinski definition) is 1. The van der Waals surface area contributed by atoms with Crippen molar-refractivity contribution < 1.29 is 0 Å². The summed E-state index contributed by atoms with van der Waals surface area (Å²) in [6.07, 6.45) is 0. The predicted octanol–water partition coefficient (Wildman–Crippen LogP) is 4.06. The van der Waals surface area contributed by atoms with Crippen LogP contribution >= 0.6 is 11.3 Å². The minimum Gasteiger partial charge on any atom is -0.309 e. The molecule has 0 saturated carbocycles. The molecule has 98 valence electrons. The third-order valence-corrected chi connectivity index (χ3v) is 4.47. The maximum absolute atomic E-state index is 4.71. The molecule has 2 nitrogen and oxygen atoms in total. The summed E-state index contributed by atoms with van der Waals surface area (Å²) in [5.41, 5.74) is 1.34. The van der Waals surface area contributed by atoms with E-state index in [1.807, 2.05) is 11.3 Å². The number of hydrogen-bond acceptors (Lipinski definition) is 3. The summed E-state index contributed by atoms with van der Waals surface area (Å²) in [5, 5.41) is 4.81. The van der Waals surface area contributed by atoms with Crippen molar-refractivity contribution in [2.45, 2.75) is 59.9 Å². The van der Waals surface area contributed by atoms with Crippen LogP contribution in [0, 0.1) is 12.8 Å². The van der Waals surface area contributed by atoms with Gasteiger partial charge in [-0.25, -0.2) is 4.98 Å². The molecule has 0 aliphatic carbocycles. The average molecular weight is 254 g/mol. The van der Waals surface area contributed by atoms with Gasteiger partial charge in [-0.15, -0.1) is 11.3 Å². The normalized spacial score (nSPS) is 14.4. The first-order chi connectivity index (χ1) is 7.71. The molecular formula is C14H26N2S. The second-order valence-corrected chi connectivity index (χ2v) is 7.27. The van der Waals surface area contributed by atoms with E-state index in [-0.39, 0.29) is 5.41 Å². The Morgan fingerprint density at radius 3 is 2.24 bits per heavy atom. The van der Waals surface area contributed by atoms with E-state index in [1.54, 1.807) is 0 Å². The van der Waals surface area contributed by atoms with E-state index in [0.717, 1.165) is 6.54 Å². The molecule has 0 saturated heterocycles. The van der Waals surface area contributed by atoms with E-state index in [9.17, 15) is 0 Å². The van der Waals surface area contributed by atoms with Crippen molar-refractivity contribution >= 4 is 11.3 Å². The van der Waals surface area contributed by atoms with Gasteiger partial charge >= 0.3 is 0 Å². The molecule has 0 aliphatic heterocycles. The summed E-state index contributed by atoms with van der Waals surface area (Å²) in [6, 6.07) is 0.408. The first-order valence-electron chi connectivity index (χ1n) is 6.43. The fourth-order valence-corrected chi connectivity index (χ4v) is 2.79. The van der Waals surface area contributed by atoms with Gasteiger partial charge in [0.25, 0.3) is 0 Å². The van der Waals surface area contributed by atoms with Gasteiger partial charge in [0.05, 0.1) is 10.7 Å². The molecular weight excluding hydrogens is 228 g/mol. The molecule has 0 fully saturated rings. The van der Waals surface area contributed by atoms with Gasteiger partial charge in [-0.1, -0.05) is 34.6 Å². The summed E-state index contributed by atoms with van der Waals surface area (Å²) in [6.45, 7) is 16.6. The molecule has 1 atom stereocenters. The lowest BCUT2D eigenvalue weighted by Crippen LogP contribution is -2.23. The summed E-state index contributed by atoms with van der Waals surface area (Å²) in [7, 11) is 0. The Balaban J connectivity index is 2.80. The highest BCUT2D eigenvalue weighted by atomic mass is 32.1. The van der Waals surface area contributed by atoms with Crippen molar-refractivity contribution in [1.29, 1.82) is 0 Å². The van der Waals surface area contributed by atoms with Crippen LogP contribution in [0.25, 0.3) is 0 Å². The van der Waals surface area contributed by atoms with Crippen LogP contribution in [0.2, 0.25) is 0 Å². The third-order valence-electron chi connectivity index (χ3n) is 2.70. The van der Waals surface area contributed by atoms with Crippen LogP contribution in [0.15, 0.2) is 0 Å². The Morgan fingerprint density at radius 1 is 1.24 bits per heavy atom. The van der Waals surface area contributed by atoms with Gasteiger partial charge in [-0.2, -0.15) is 0 Å². The lowest BCUT2D eigenvalue weighted by Gasteiger charge is -2.15. The van der Waals surface area contributed by atoms with Crippen molar-refractivity contribution in [3.05, 3.63) is 15.6 Å². The van der Waals surface area contributed by atoms with Crippen LogP contribution in [0.5, 0.6) is 0 Å². The topological polar surface area (TPSA) is 24.9 Å². The zero-order valence-corrected chi connectivity index (χ0v) is 13.0. The molecule has 0 spiro atoms. The first-order valence-corrected chi connectivity index (χ1v) is 7.24. The maximum Gasteiger partial charge on any atom is 0.0985 e. The molecule has 1 aromatic heterocycles. The Kier molecular flexibility index (Phi) is 4.73. The molecule has 1 rings (SSSR count). The van der Waals surface area contributed by atoms with Crippen molar-refractivity contribution in [1.82, 2.24) is 10.3 Å². The average Bonchev–Trinajstić information content (AvgIpc) is 2.56. The number of nitrogens with one attached hydrogen (secondary N) is 1. The fourth-order valence-electron chi connectivity index (χ4n) is 1.64. The zero-order valence-electron chi connectivity index (χ0n) is 12.2. The molecule has 1 N–H and O–H groups in total. The minimum atomic E-state index is 0.158. The smallest absolute Gasteiger partial charge is 0.0985 e. The summed E-state index contributed by atoms with van der Waals surface area (Å²) in [5.74, 6) is 0.688. The van der Waals surface area contributed by atoms with E-state index in [1.165, 1.54) is 15.6 Å². The largest absolute Gasteiger partial charge is 0.309 e. The molecule has 1 unspecified atom stereocenters. The van der Waals surface area contributed by atoms with Crippen molar-refractivity contribution in [3.63, 3.8) is 0 Å². The van der Waals surface area contributed by atoms with Crippen molar-refractivity contribution in [2.24, 2.45) is 5.92 Å². The highest BCUT2D eigenvalue weighted by Gasteiger charge is 2.22. The Bertz CT molecular complexity index is 361. The highest BCUT2D eigenvalue weighted by molar-refractivity contribution is 7.12. The third kappa shape index (κ3) is 4.07. The SMILES string of the molecule is Cc1nc(C(C)(C)C)sc1C(C)NCC(C)C. The quantitative estimate of drug-likeness (QED) is 0.876. The van der Waals surface area contributed by atoms with Crippen LogP contribution in [0.4, 0.5) is 0 Å². The second kappa shape index (κ2) is 5.49. The Hall–Kier alpha value is -0.410. The summed E-state index contributed by atoms with van der Waals surface area (Å²) in [4.78, 5) is 6.09. The number of aryl methyl sites for hydroxylation is 1. The van der Waals surface area contributed by atoms with Crippen molar-refractivity contribution in [3.8, 4) is 0 Å². The number of aromatic nitrogens is 1. The van der Waals surface area contributed by atoms with E-state index in [0.29, 0.717) is 12.0 Å². The number of nitrogens with zero attached hydrogens (tertiary/aromatic N) is 1. The fraction of sp³-hybridized carbons (Fsp3) is 0.786. The highest BCUT2D eigenvalue weighted by Crippen LogP contribution is 2.32. The summed E-state index contributed by atoms with van der Waals surface area (Å²) >= 11 is 1.85. The molecule has 17 heavy (non-hydrogen) atoms. The maximum atomic E-state index is 4.71. The Labute approximate surface area is 110 Å². The molecule has 1 heterocycles. The standard InChI is InChI=1S/C14H26N2S/c1-9(2)8-15-10(3)12-11(4)16-13(17-12)14(5,6)7/h9-10,15H,8H2,1-7H3. The van der Waals surface area contributed by atoms with E-state index < -0.39 is 0 Å². The first kappa shape index (κ1) is 14.7. The Morgan fingerprint density at radius 2 is 1.82 bits per heavy atom.